The van der Waals surface area contributed by atoms with E-state index in [0.29, 0.717) is 0 Å². The lowest BCUT2D eigenvalue weighted by Crippen LogP contribution is -2.28. The maximum atomic E-state index is 10.5. The summed E-state index contributed by atoms with van der Waals surface area (Å²) in [6.07, 6.45) is 1.48. The van der Waals surface area contributed by atoms with E-state index in [1.54, 1.807) is 0 Å². The lowest BCUT2D eigenvalue weighted by atomic mass is 10.1. The van der Waals surface area contributed by atoms with Crippen LogP contribution < -0.4 is 5.73 Å². The minimum absolute atomic E-state index is 0.0136. The molecule has 0 saturated carbocycles. The number of rotatable bonds is 4. The van der Waals surface area contributed by atoms with Crippen molar-refractivity contribution in [3.63, 3.8) is 0 Å². The molecule has 0 bridgehead atoms. The Balaban J connectivity index is 2.17. The molecule has 1 amide bonds. The van der Waals surface area contributed by atoms with Crippen LogP contribution in [-0.4, -0.2) is 36.7 Å². The highest BCUT2D eigenvalue weighted by Crippen LogP contribution is 2.14. The van der Waals surface area contributed by atoms with E-state index in [0.717, 1.165) is 32.0 Å². The number of amides is 1. The summed E-state index contributed by atoms with van der Waals surface area (Å²) in [7, 11) is 0. The van der Waals surface area contributed by atoms with Crippen molar-refractivity contribution in [2.75, 3.05) is 19.6 Å². The van der Waals surface area contributed by atoms with Crippen LogP contribution in [0.15, 0.2) is 0 Å². The van der Waals surface area contributed by atoms with Crippen molar-refractivity contribution in [3.8, 4) is 0 Å². The molecule has 2 N–H and O–H groups in total. The highest BCUT2D eigenvalue weighted by atomic mass is 16.6. The number of hydrogen-bond acceptors (Lipinski definition) is 3. The van der Waals surface area contributed by atoms with Gasteiger partial charge in [0.05, 0.1) is 0 Å². The summed E-state index contributed by atoms with van der Waals surface area (Å²) >= 11 is 0. The topological polar surface area (TPSA) is 55.6 Å². The molecule has 1 aliphatic heterocycles. The van der Waals surface area contributed by atoms with E-state index in [4.69, 9.17) is 10.5 Å². The fourth-order valence-electron chi connectivity index (χ4n) is 1.70. The number of ether oxygens (including phenoxy) is 1. The van der Waals surface area contributed by atoms with Gasteiger partial charge in [-0.25, -0.2) is 4.79 Å². The quantitative estimate of drug-likeness (QED) is 0.742. The molecule has 0 aromatic heterocycles. The first-order chi connectivity index (χ1) is 6.58. The van der Waals surface area contributed by atoms with Crippen LogP contribution in [0.4, 0.5) is 4.79 Å². The summed E-state index contributed by atoms with van der Waals surface area (Å²) in [4.78, 5) is 12.8. The van der Waals surface area contributed by atoms with Gasteiger partial charge in [-0.05, 0) is 25.3 Å². The minimum atomic E-state index is -0.652. The molecular formula is C10H20N2O2. The Kier molecular flexibility index (Phi) is 4.20. The first-order valence-corrected chi connectivity index (χ1v) is 5.26. The number of primary amides is 1. The van der Waals surface area contributed by atoms with E-state index >= 15 is 0 Å². The minimum Gasteiger partial charge on any atom is -0.445 e. The molecule has 1 aliphatic rings. The highest BCUT2D eigenvalue weighted by molar-refractivity contribution is 5.64. The summed E-state index contributed by atoms with van der Waals surface area (Å²) in [5, 5.41) is 0. The van der Waals surface area contributed by atoms with Crippen LogP contribution in [0.5, 0.6) is 0 Å². The van der Waals surface area contributed by atoms with Gasteiger partial charge in [0.1, 0.15) is 6.10 Å². The number of nitrogens with two attached hydrogens (primary N) is 1. The molecule has 1 rings (SSSR count). The van der Waals surface area contributed by atoms with Crippen molar-refractivity contribution in [3.05, 3.63) is 0 Å². The predicted octanol–water partition coefficient (Wildman–Crippen LogP) is 1.20. The normalized spacial score (nSPS) is 22.9. The summed E-state index contributed by atoms with van der Waals surface area (Å²) in [5.41, 5.74) is 4.96. The first kappa shape index (κ1) is 11.3. The molecule has 0 aromatic carbocycles. The standard InChI is InChI=1S/C10H20N2O2/c1-8(2)3-5-12-6-4-9(7-12)14-10(11)13/h8-9H,3-7H2,1-2H3,(H2,11,13). The lowest BCUT2D eigenvalue weighted by molar-refractivity contribution is 0.109. The van der Waals surface area contributed by atoms with Gasteiger partial charge in [0.25, 0.3) is 0 Å². The summed E-state index contributed by atoms with van der Waals surface area (Å²) in [6.45, 7) is 7.39. The molecule has 0 radical (unpaired) electrons. The third kappa shape index (κ3) is 3.96. The van der Waals surface area contributed by atoms with Gasteiger partial charge in [0.15, 0.2) is 0 Å². The van der Waals surface area contributed by atoms with E-state index in [2.05, 4.69) is 18.7 Å². The third-order valence-electron chi connectivity index (χ3n) is 2.53. The zero-order chi connectivity index (χ0) is 10.6. The molecular weight excluding hydrogens is 180 g/mol. The smallest absolute Gasteiger partial charge is 0.404 e. The fourth-order valence-corrected chi connectivity index (χ4v) is 1.70. The Morgan fingerprint density at radius 1 is 1.64 bits per heavy atom. The molecule has 4 nitrogen and oxygen atoms in total. The Labute approximate surface area is 85.4 Å². The summed E-state index contributed by atoms with van der Waals surface area (Å²) in [5.74, 6) is 0.728. The molecule has 1 heterocycles. The summed E-state index contributed by atoms with van der Waals surface area (Å²) < 4.78 is 4.95. The molecule has 1 unspecified atom stereocenters. The van der Waals surface area contributed by atoms with Crippen LogP contribution >= 0.6 is 0 Å². The second-order valence-corrected chi connectivity index (χ2v) is 4.33. The van der Waals surface area contributed by atoms with E-state index < -0.39 is 6.09 Å². The van der Waals surface area contributed by atoms with Crippen molar-refractivity contribution < 1.29 is 9.53 Å². The maximum Gasteiger partial charge on any atom is 0.404 e. The predicted molar refractivity (Wildman–Crippen MR) is 55.0 cm³/mol. The molecule has 0 spiro atoms. The van der Waals surface area contributed by atoms with Gasteiger partial charge in [-0.15, -0.1) is 0 Å². The molecule has 0 aliphatic carbocycles. The van der Waals surface area contributed by atoms with Gasteiger partial charge in [0.2, 0.25) is 0 Å². The Morgan fingerprint density at radius 3 is 2.93 bits per heavy atom. The summed E-state index contributed by atoms with van der Waals surface area (Å²) in [6, 6.07) is 0. The average Bonchev–Trinajstić information content (AvgIpc) is 2.47. The van der Waals surface area contributed by atoms with Crippen LogP contribution in [0.25, 0.3) is 0 Å². The molecule has 1 saturated heterocycles. The van der Waals surface area contributed by atoms with Crippen LogP contribution in [0.1, 0.15) is 26.7 Å². The van der Waals surface area contributed by atoms with E-state index in [9.17, 15) is 4.79 Å². The second kappa shape index (κ2) is 5.20. The lowest BCUT2D eigenvalue weighted by Gasteiger charge is -2.16. The third-order valence-corrected chi connectivity index (χ3v) is 2.53. The average molecular weight is 200 g/mol. The van der Waals surface area contributed by atoms with Gasteiger partial charge >= 0.3 is 6.09 Å². The van der Waals surface area contributed by atoms with Crippen LogP contribution in [0.2, 0.25) is 0 Å². The van der Waals surface area contributed by atoms with Gasteiger partial charge < -0.3 is 10.5 Å². The number of carbonyl (C=O) groups is 1. The van der Waals surface area contributed by atoms with Crippen molar-refractivity contribution >= 4 is 6.09 Å². The van der Waals surface area contributed by atoms with Crippen LogP contribution in [-0.2, 0) is 4.74 Å². The maximum absolute atomic E-state index is 10.5. The number of carbonyl (C=O) groups excluding carboxylic acids is 1. The second-order valence-electron chi connectivity index (χ2n) is 4.33. The Bertz CT molecular complexity index is 195. The van der Waals surface area contributed by atoms with Crippen molar-refractivity contribution in [1.82, 2.24) is 4.90 Å². The monoisotopic (exact) mass is 200 g/mol. The van der Waals surface area contributed by atoms with Gasteiger partial charge in [-0.1, -0.05) is 13.8 Å². The zero-order valence-electron chi connectivity index (χ0n) is 9.03. The fraction of sp³-hybridized carbons (Fsp3) is 0.900. The SMILES string of the molecule is CC(C)CCN1CCC(OC(N)=O)C1. The molecule has 1 atom stereocenters. The molecule has 14 heavy (non-hydrogen) atoms. The van der Waals surface area contributed by atoms with Crippen LogP contribution in [0, 0.1) is 5.92 Å². The first-order valence-electron chi connectivity index (χ1n) is 5.26. The number of likely N-dealkylation sites (tertiary alicyclic amines) is 1. The zero-order valence-corrected chi connectivity index (χ0v) is 9.03. The van der Waals surface area contributed by atoms with Crippen molar-refractivity contribution in [2.24, 2.45) is 11.7 Å². The number of nitrogens with zero attached hydrogens (tertiary/aromatic N) is 1. The van der Waals surface area contributed by atoms with E-state index in [1.165, 1.54) is 6.42 Å². The van der Waals surface area contributed by atoms with Crippen LogP contribution in [0.3, 0.4) is 0 Å². The molecule has 82 valence electrons. The highest BCUT2D eigenvalue weighted by Gasteiger charge is 2.24. The largest absolute Gasteiger partial charge is 0.445 e. The molecule has 4 heteroatoms. The van der Waals surface area contributed by atoms with Crippen molar-refractivity contribution in [1.29, 1.82) is 0 Å². The van der Waals surface area contributed by atoms with E-state index in [-0.39, 0.29) is 6.10 Å². The Hall–Kier alpha value is -0.770. The molecule has 0 aromatic rings. The van der Waals surface area contributed by atoms with Gasteiger partial charge in [0, 0.05) is 13.1 Å². The number of hydrogen-bond donors (Lipinski definition) is 1. The van der Waals surface area contributed by atoms with Gasteiger partial charge in [-0.3, -0.25) is 4.90 Å². The van der Waals surface area contributed by atoms with Gasteiger partial charge in [-0.2, -0.15) is 0 Å². The Morgan fingerprint density at radius 2 is 2.36 bits per heavy atom. The van der Waals surface area contributed by atoms with E-state index in [1.807, 2.05) is 0 Å². The molecule has 1 fully saturated rings. The van der Waals surface area contributed by atoms with Crippen molar-refractivity contribution in [2.45, 2.75) is 32.8 Å².